The number of benzene rings is 2. The van der Waals surface area contributed by atoms with Crippen LogP contribution in [0.25, 0.3) is 0 Å². The van der Waals surface area contributed by atoms with Crippen LogP contribution in [0.4, 0.5) is 28.4 Å². The summed E-state index contributed by atoms with van der Waals surface area (Å²) in [5.74, 6) is -0.642. The lowest BCUT2D eigenvalue weighted by Crippen LogP contribution is -2.26. The van der Waals surface area contributed by atoms with Crippen LogP contribution >= 0.6 is 0 Å². The molecule has 1 amide bonds. The van der Waals surface area contributed by atoms with Crippen molar-refractivity contribution in [1.29, 1.82) is 5.26 Å². The number of hydrogen-bond donors (Lipinski definition) is 1. The van der Waals surface area contributed by atoms with E-state index in [9.17, 15) is 25.0 Å². The Morgan fingerprint density at radius 2 is 1.91 bits per heavy atom. The quantitative estimate of drug-likeness (QED) is 0.266. The molecular weight excluding hydrogens is 416 g/mol. The standard InChI is InChI=1S/C21H22N6O5/c1-4-26(10-9-21(29)32-3)16-5-8-19(20(12-16)23-14(2)28)25-24-18-7-6-17(27(30)31)11-15(18)13-22/h5-8,11-12H,4,9-10H2,1-3H3,(H,23,28). The number of anilines is 2. The van der Waals surface area contributed by atoms with Gasteiger partial charge in [-0.25, -0.2) is 0 Å². The summed E-state index contributed by atoms with van der Waals surface area (Å²) in [6.07, 6.45) is 0.207. The van der Waals surface area contributed by atoms with Crippen molar-refractivity contribution in [2.75, 3.05) is 30.4 Å². The van der Waals surface area contributed by atoms with E-state index in [1.54, 1.807) is 18.2 Å². The number of esters is 1. The van der Waals surface area contributed by atoms with Crippen molar-refractivity contribution in [2.24, 2.45) is 10.2 Å². The molecule has 0 unspecified atom stereocenters. The molecule has 0 aliphatic rings. The first kappa shape index (κ1) is 23.9. The predicted molar refractivity (Wildman–Crippen MR) is 117 cm³/mol. The van der Waals surface area contributed by atoms with Crippen molar-refractivity contribution in [3.8, 4) is 6.07 Å². The molecule has 166 valence electrons. The van der Waals surface area contributed by atoms with E-state index < -0.39 is 4.92 Å². The molecule has 11 nitrogen and oxygen atoms in total. The van der Waals surface area contributed by atoms with Gasteiger partial charge >= 0.3 is 5.97 Å². The fourth-order valence-electron chi connectivity index (χ4n) is 2.82. The van der Waals surface area contributed by atoms with Gasteiger partial charge in [-0.15, -0.1) is 10.2 Å². The van der Waals surface area contributed by atoms with E-state index in [0.29, 0.717) is 24.5 Å². The lowest BCUT2D eigenvalue weighted by atomic mass is 10.2. The van der Waals surface area contributed by atoms with Gasteiger partial charge in [0.15, 0.2) is 0 Å². The summed E-state index contributed by atoms with van der Waals surface area (Å²) in [5.41, 5.74) is 1.40. The minimum absolute atomic E-state index is 0.000570. The molecule has 0 atom stereocenters. The molecule has 0 heterocycles. The van der Waals surface area contributed by atoms with Crippen LogP contribution < -0.4 is 10.2 Å². The molecule has 0 saturated carbocycles. The zero-order valence-electron chi connectivity index (χ0n) is 17.9. The predicted octanol–water partition coefficient (Wildman–Crippen LogP) is 4.23. The molecule has 0 aliphatic carbocycles. The maximum absolute atomic E-state index is 11.7. The topological polar surface area (TPSA) is 150 Å². The number of carbonyl (C=O) groups is 2. The number of hydrogen-bond acceptors (Lipinski definition) is 9. The molecule has 0 radical (unpaired) electrons. The van der Waals surface area contributed by atoms with Gasteiger partial charge in [-0.2, -0.15) is 5.26 Å². The van der Waals surface area contributed by atoms with Crippen molar-refractivity contribution in [3.63, 3.8) is 0 Å². The average Bonchev–Trinajstić information content (AvgIpc) is 2.78. The number of nitrogens with zero attached hydrogens (tertiary/aromatic N) is 5. The van der Waals surface area contributed by atoms with Gasteiger partial charge < -0.3 is 15.0 Å². The van der Waals surface area contributed by atoms with E-state index in [-0.39, 0.29) is 35.2 Å². The zero-order valence-corrected chi connectivity index (χ0v) is 17.9. The van der Waals surface area contributed by atoms with Crippen LogP contribution in [0, 0.1) is 21.4 Å². The first-order valence-electron chi connectivity index (χ1n) is 9.62. The van der Waals surface area contributed by atoms with Gasteiger partial charge in [0.2, 0.25) is 5.91 Å². The molecular formula is C21H22N6O5. The van der Waals surface area contributed by atoms with Gasteiger partial charge in [-0.1, -0.05) is 0 Å². The SMILES string of the molecule is CCN(CCC(=O)OC)c1ccc(N=Nc2ccc([N+](=O)[O-])cc2C#N)c(NC(C)=O)c1. The Hall–Kier alpha value is -4.33. The number of nitro benzene ring substituents is 1. The Labute approximate surface area is 184 Å². The molecule has 11 heteroatoms. The summed E-state index contributed by atoms with van der Waals surface area (Å²) >= 11 is 0. The minimum atomic E-state index is -0.602. The number of ether oxygens (including phenoxy) is 1. The second-order valence-corrected chi connectivity index (χ2v) is 6.56. The number of rotatable bonds is 9. The summed E-state index contributed by atoms with van der Waals surface area (Å²) in [5, 5.41) is 31.0. The molecule has 2 aromatic rings. The molecule has 0 aromatic heterocycles. The number of non-ortho nitro benzene ring substituents is 1. The summed E-state index contributed by atoms with van der Waals surface area (Å²) in [7, 11) is 1.33. The number of nitriles is 1. The van der Waals surface area contributed by atoms with Crippen LogP contribution in [0.2, 0.25) is 0 Å². The third kappa shape index (κ3) is 6.33. The van der Waals surface area contributed by atoms with E-state index in [2.05, 4.69) is 20.3 Å². The molecule has 0 spiro atoms. The molecule has 0 bridgehead atoms. The van der Waals surface area contributed by atoms with E-state index in [0.717, 1.165) is 11.8 Å². The fraction of sp³-hybridized carbons (Fsp3) is 0.286. The summed E-state index contributed by atoms with van der Waals surface area (Å²) in [6.45, 7) is 4.33. The largest absolute Gasteiger partial charge is 0.469 e. The van der Waals surface area contributed by atoms with E-state index in [1.807, 2.05) is 17.9 Å². The van der Waals surface area contributed by atoms with Crippen molar-refractivity contribution in [2.45, 2.75) is 20.3 Å². The molecule has 0 aliphatic heterocycles. The molecule has 1 N–H and O–H groups in total. The Morgan fingerprint density at radius 3 is 2.50 bits per heavy atom. The van der Waals surface area contributed by atoms with Gasteiger partial charge in [-0.05, 0) is 31.2 Å². The van der Waals surface area contributed by atoms with Gasteiger partial charge in [0, 0.05) is 37.8 Å². The highest BCUT2D eigenvalue weighted by atomic mass is 16.6. The lowest BCUT2D eigenvalue weighted by Gasteiger charge is -2.23. The molecule has 2 rings (SSSR count). The van der Waals surface area contributed by atoms with Crippen LogP contribution in [0.5, 0.6) is 0 Å². The van der Waals surface area contributed by atoms with E-state index in [4.69, 9.17) is 0 Å². The summed E-state index contributed by atoms with van der Waals surface area (Å²) < 4.78 is 4.68. The van der Waals surface area contributed by atoms with Crippen LogP contribution in [-0.4, -0.2) is 37.0 Å². The minimum Gasteiger partial charge on any atom is -0.469 e. The lowest BCUT2D eigenvalue weighted by molar-refractivity contribution is -0.384. The normalized spacial score (nSPS) is 10.4. The molecule has 32 heavy (non-hydrogen) atoms. The van der Waals surface area contributed by atoms with Crippen molar-refractivity contribution >= 4 is 40.3 Å². The van der Waals surface area contributed by atoms with E-state index >= 15 is 0 Å². The third-order valence-corrected chi connectivity index (χ3v) is 4.43. The number of azo groups is 1. The Bertz CT molecular complexity index is 1090. The first-order valence-corrected chi connectivity index (χ1v) is 9.62. The molecule has 2 aromatic carbocycles. The average molecular weight is 438 g/mol. The van der Waals surface area contributed by atoms with Gasteiger partial charge in [0.1, 0.15) is 17.4 Å². The molecule has 0 fully saturated rings. The summed E-state index contributed by atoms with van der Waals surface area (Å²) in [6, 6.07) is 10.7. The van der Waals surface area contributed by atoms with Crippen LogP contribution in [-0.2, 0) is 14.3 Å². The van der Waals surface area contributed by atoms with E-state index in [1.165, 1.54) is 26.2 Å². The second-order valence-electron chi connectivity index (χ2n) is 6.56. The third-order valence-electron chi connectivity index (χ3n) is 4.43. The monoisotopic (exact) mass is 438 g/mol. The van der Waals surface area contributed by atoms with Crippen molar-refractivity contribution < 1.29 is 19.2 Å². The number of amides is 1. The summed E-state index contributed by atoms with van der Waals surface area (Å²) in [4.78, 5) is 35.4. The Morgan fingerprint density at radius 1 is 1.22 bits per heavy atom. The fourth-order valence-corrected chi connectivity index (χ4v) is 2.82. The second kappa shape index (κ2) is 11.2. The van der Waals surface area contributed by atoms with Crippen LogP contribution in [0.15, 0.2) is 46.6 Å². The van der Waals surface area contributed by atoms with Crippen LogP contribution in [0.1, 0.15) is 25.8 Å². The van der Waals surface area contributed by atoms with Crippen molar-refractivity contribution in [1.82, 2.24) is 0 Å². The maximum atomic E-state index is 11.7. The zero-order chi connectivity index (χ0) is 23.7. The van der Waals surface area contributed by atoms with Crippen molar-refractivity contribution in [3.05, 3.63) is 52.1 Å². The Balaban J connectivity index is 2.37. The number of nitro groups is 1. The smallest absolute Gasteiger partial charge is 0.307 e. The molecule has 0 saturated heterocycles. The number of carbonyl (C=O) groups excluding carboxylic acids is 2. The van der Waals surface area contributed by atoms with Gasteiger partial charge in [0.25, 0.3) is 5.69 Å². The van der Waals surface area contributed by atoms with Crippen LogP contribution in [0.3, 0.4) is 0 Å². The highest BCUT2D eigenvalue weighted by Crippen LogP contribution is 2.33. The van der Waals surface area contributed by atoms with Gasteiger partial charge in [0.05, 0.1) is 29.7 Å². The maximum Gasteiger partial charge on any atom is 0.307 e. The van der Waals surface area contributed by atoms with Gasteiger partial charge in [-0.3, -0.25) is 19.7 Å². The highest BCUT2D eigenvalue weighted by Gasteiger charge is 2.13. The number of nitrogens with one attached hydrogen (secondary N) is 1. The Kier molecular flexibility index (Phi) is 8.36. The highest BCUT2D eigenvalue weighted by molar-refractivity contribution is 5.93. The number of methoxy groups -OCH3 is 1. The first-order chi connectivity index (χ1) is 15.3.